The zero-order valence-electron chi connectivity index (χ0n) is 14.1. The van der Waals surface area contributed by atoms with E-state index in [9.17, 15) is 19.7 Å². The van der Waals surface area contributed by atoms with Crippen molar-refractivity contribution >= 4 is 22.6 Å². The van der Waals surface area contributed by atoms with E-state index in [0.717, 1.165) is 0 Å². The van der Waals surface area contributed by atoms with Crippen LogP contribution >= 0.6 is 0 Å². The van der Waals surface area contributed by atoms with Gasteiger partial charge < -0.3 is 9.72 Å². The van der Waals surface area contributed by atoms with Crippen LogP contribution in [0.1, 0.15) is 34.8 Å². The second kappa shape index (κ2) is 6.75. The van der Waals surface area contributed by atoms with E-state index in [4.69, 9.17) is 4.74 Å². The molecule has 1 heterocycles. The molecule has 0 aliphatic carbocycles. The molecule has 0 fully saturated rings. The number of para-hydroxylation sites is 1. The lowest BCUT2D eigenvalue weighted by atomic mass is 10.1. The van der Waals surface area contributed by atoms with Crippen molar-refractivity contribution in [2.45, 2.75) is 20.0 Å². The first kappa shape index (κ1) is 17.3. The standard InChI is InChI=1S/C18H15N3O5/c1-10-12(7-5-9-15(10)21(24)25)18(23)26-11(2)16-19-14-8-4-3-6-13(14)17(22)20-16/h3-9,11H,1-2H3,(H,19,20,22). The topological polar surface area (TPSA) is 115 Å². The molecular formula is C18H15N3O5. The molecule has 3 rings (SSSR count). The Morgan fingerprint density at radius 3 is 2.69 bits per heavy atom. The highest BCUT2D eigenvalue weighted by atomic mass is 16.6. The summed E-state index contributed by atoms with van der Waals surface area (Å²) in [5, 5.41) is 11.4. The normalized spacial score (nSPS) is 11.9. The van der Waals surface area contributed by atoms with Gasteiger partial charge in [-0.2, -0.15) is 0 Å². The molecule has 8 nitrogen and oxygen atoms in total. The van der Waals surface area contributed by atoms with Crippen LogP contribution in [0.15, 0.2) is 47.3 Å². The molecule has 0 aliphatic rings. The van der Waals surface area contributed by atoms with Gasteiger partial charge in [-0.15, -0.1) is 0 Å². The van der Waals surface area contributed by atoms with E-state index in [1.165, 1.54) is 25.1 Å². The summed E-state index contributed by atoms with van der Waals surface area (Å²) in [6, 6.07) is 11.0. The number of nitro benzene ring substituents is 1. The van der Waals surface area contributed by atoms with Gasteiger partial charge in [0.1, 0.15) is 0 Å². The molecule has 0 spiro atoms. The predicted molar refractivity (Wildman–Crippen MR) is 94.0 cm³/mol. The summed E-state index contributed by atoms with van der Waals surface area (Å²) in [7, 11) is 0. The molecule has 1 N–H and O–H groups in total. The van der Waals surface area contributed by atoms with Crippen molar-refractivity contribution in [1.29, 1.82) is 0 Å². The number of carbonyl (C=O) groups is 1. The Balaban J connectivity index is 1.90. The van der Waals surface area contributed by atoms with Crippen LogP contribution < -0.4 is 5.56 Å². The molecule has 1 atom stereocenters. The van der Waals surface area contributed by atoms with Crippen molar-refractivity contribution in [2.24, 2.45) is 0 Å². The number of rotatable bonds is 4. The quantitative estimate of drug-likeness (QED) is 0.438. The van der Waals surface area contributed by atoms with Crippen LogP contribution in [0.3, 0.4) is 0 Å². The van der Waals surface area contributed by atoms with E-state index in [0.29, 0.717) is 10.9 Å². The van der Waals surface area contributed by atoms with E-state index in [2.05, 4.69) is 9.97 Å². The van der Waals surface area contributed by atoms with E-state index in [1.807, 2.05) is 0 Å². The van der Waals surface area contributed by atoms with Crippen LogP contribution in [-0.4, -0.2) is 20.9 Å². The minimum Gasteiger partial charge on any atom is -0.451 e. The van der Waals surface area contributed by atoms with Gasteiger partial charge in [0.2, 0.25) is 0 Å². The van der Waals surface area contributed by atoms with Crippen molar-refractivity contribution in [1.82, 2.24) is 9.97 Å². The molecule has 0 amide bonds. The molecule has 0 bridgehead atoms. The third kappa shape index (κ3) is 3.16. The van der Waals surface area contributed by atoms with Gasteiger partial charge in [-0.3, -0.25) is 14.9 Å². The van der Waals surface area contributed by atoms with Crippen molar-refractivity contribution in [3.63, 3.8) is 0 Å². The number of carbonyl (C=O) groups excluding carboxylic acids is 1. The molecule has 8 heteroatoms. The Bertz CT molecular complexity index is 1070. The summed E-state index contributed by atoms with van der Waals surface area (Å²) in [4.78, 5) is 41.9. The molecule has 26 heavy (non-hydrogen) atoms. The summed E-state index contributed by atoms with van der Waals surface area (Å²) in [5.41, 5.74) is 0.300. The van der Waals surface area contributed by atoms with Gasteiger partial charge >= 0.3 is 5.97 Å². The Morgan fingerprint density at radius 2 is 1.96 bits per heavy atom. The number of fused-ring (bicyclic) bond motifs is 1. The number of H-pyrrole nitrogens is 1. The van der Waals surface area contributed by atoms with Crippen molar-refractivity contribution in [2.75, 3.05) is 0 Å². The molecule has 0 saturated carbocycles. The predicted octanol–water partition coefficient (Wildman–Crippen LogP) is 3.06. The maximum absolute atomic E-state index is 12.4. The van der Waals surface area contributed by atoms with Gasteiger partial charge in [-0.25, -0.2) is 9.78 Å². The average Bonchev–Trinajstić information content (AvgIpc) is 2.61. The summed E-state index contributed by atoms with van der Waals surface area (Å²) < 4.78 is 5.35. The smallest absolute Gasteiger partial charge is 0.339 e. The molecule has 0 aliphatic heterocycles. The zero-order valence-corrected chi connectivity index (χ0v) is 14.1. The highest BCUT2D eigenvalue weighted by Crippen LogP contribution is 2.23. The molecule has 0 radical (unpaired) electrons. The lowest BCUT2D eigenvalue weighted by Crippen LogP contribution is -2.18. The minimum absolute atomic E-state index is 0.0918. The first-order valence-corrected chi connectivity index (χ1v) is 7.82. The maximum Gasteiger partial charge on any atom is 0.339 e. The highest BCUT2D eigenvalue weighted by molar-refractivity contribution is 5.92. The van der Waals surface area contributed by atoms with Crippen LogP contribution in [0.25, 0.3) is 10.9 Å². The number of hydrogen-bond donors (Lipinski definition) is 1. The van der Waals surface area contributed by atoms with Crippen LogP contribution in [0.4, 0.5) is 5.69 Å². The number of hydrogen-bond acceptors (Lipinski definition) is 6. The number of nitrogens with zero attached hydrogens (tertiary/aromatic N) is 2. The fourth-order valence-corrected chi connectivity index (χ4v) is 2.62. The first-order valence-electron chi connectivity index (χ1n) is 7.82. The van der Waals surface area contributed by atoms with Crippen molar-refractivity contribution in [3.05, 3.63) is 79.9 Å². The van der Waals surface area contributed by atoms with Gasteiger partial charge in [0.25, 0.3) is 11.2 Å². The van der Waals surface area contributed by atoms with Crippen molar-refractivity contribution < 1.29 is 14.5 Å². The number of benzene rings is 2. The van der Waals surface area contributed by atoms with Crippen LogP contribution in [0.5, 0.6) is 0 Å². The molecule has 3 aromatic rings. The Hall–Kier alpha value is -3.55. The van der Waals surface area contributed by atoms with Crippen LogP contribution in [0, 0.1) is 17.0 Å². The largest absolute Gasteiger partial charge is 0.451 e. The van der Waals surface area contributed by atoms with Gasteiger partial charge in [-0.05, 0) is 32.0 Å². The summed E-state index contributed by atoms with van der Waals surface area (Å²) in [6.45, 7) is 3.05. The molecule has 0 saturated heterocycles. The zero-order chi connectivity index (χ0) is 18.8. The summed E-state index contributed by atoms with van der Waals surface area (Å²) in [6.07, 6.45) is -0.835. The van der Waals surface area contributed by atoms with Gasteiger partial charge in [0.05, 0.1) is 21.4 Å². The number of aromatic nitrogens is 2. The SMILES string of the molecule is Cc1c(C(=O)OC(C)c2nc3ccccc3c(=O)[nH]2)cccc1[N+](=O)[O-]. The van der Waals surface area contributed by atoms with E-state index < -0.39 is 17.0 Å². The van der Waals surface area contributed by atoms with Gasteiger partial charge in [0.15, 0.2) is 11.9 Å². The Labute approximate surface area is 147 Å². The number of nitro groups is 1. The number of ether oxygens (including phenoxy) is 1. The van der Waals surface area contributed by atoms with Crippen molar-refractivity contribution in [3.8, 4) is 0 Å². The third-order valence-electron chi connectivity index (χ3n) is 4.02. The second-order valence-corrected chi connectivity index (χ2v) is 5.72. The minimum atomic E-state index is -0.835. The monoisotopic (exact) mass is 353 g/mol. The highest BCUT2D eigenvalue weighted by Gasteiger charge is 2.22. The molecule has 1 aromatic heterocycles. The van der Waals surface area contributed by atoms with Crippen LogP contribution in [0.2, 0.25) is 0 Å². The first-order chi connectivity index (χ1) is 12.4. The lowest BCUT2D eigenvalue weighted by Gasteiger charge is -2.14. The lowest BCUT2D eigenvalue weighted by molar-refractivity contribution is -0.385. The van der Waals surface area contributed by atoms with Gasteiger partial charge in [0, 0.05) is 11.6 Å². The second-order valence-electron chi connectivity index (χ2n) is 5.72. The number of nitrogens with one attached hydrogen (secondary N) is 1. The molecule has 1 unspecified atom stereocenters. The number of esters is 1. The van der Waals surface area contributed by atoms with E-state index in [1.54, 1.807) is 31.2 Å². The summed E-state index contributed by atoms with van der Waals surface area (Å²) in [5.74, 6) is -0.528. The van der Waals surface area contributed by atoms with E-state index in [-0.39, 0.29) is 28.2 Å². The molecular weight excluding hydrogens is 338 g/mol. The maximum atomic E-state index is 12.4. The third-order valence-corrected chi connectivity index (χ3v) is 4.02. The Morgan fingerprint density at radius 1 is 1.23 bits per heavy atom. The Kier molecular flexibility index (Phi) is 4.49. The van der Waals surface area contributed by atoms with Gasteiger partial charge in [-0.1, -0.05) is 18.2 Å². The van der Waals surface area contributed by atoms with E-state index >= 15 is 0 Å². The molecule has 132 valence electrons. The fraction of sp³-hybridized carbons (Fsp3) is 0.167. The fourth-order valence-electron chi connectivity index (χ4n) is 2.62. The average molecular weight is 353 g/mol. The molecule has 2 aromatic carbocycles. The number of aromatic amines is 1. The van der Waals surface area contributed by atoms with Crippen LogP contribution in [-0.2, 0) is 4.74 Å². The summed E-state index contributed by atoms with van der Waals surface area (Å²) >= 11 is 0.